The number of thiazole rings is 1. The maximum atomic E-state index is 5.49. The van der Waals surface area contributed by atoms with Crippen LogP contribution >= 0.6 is 22.9 Å². The van der Waals surface area contributed by atoms with Crippen LogP contribution in [-0.2, 0) is 5.88 Å². The number of hydrogen-bond acceptors (Lipinski definition) is 2. The van der Waals surface area contributed by atoms with Gasteiger partial charge in [-0.2, -0.15) is 0 Å². The molecule has 8 heavy (non-hydrogen) atoms. The van der Waals surface area contributed by atoms with Gasteiger partial charge >= 0.3 is 0 Å². The third-order valence-electron chi connectivity index (χ3n) is 0.783. The molecule has 0 aliphatic carbocycles. The van der Waals surface area contributed by atoms with Crippen LogP contribution in [-0.4, -0.2) is 4.98 Å². The second kappa shape index (κ2) is 2.46. The zero-order valence-corrected chi connectivity index (χ0v) is 6.09. The fourth-order valence-electron chi connectivity index (χ4n) is 0.463. The van der Waals surface area contributed by atoms with Crippen LogP contribution in [0.15, 0.2) is 6.20 Å². The second-order valence-electron chi connectivity index (χ2n) is 1.50. The molecule has 3 heteroatoms. The summed E-state index contributed by atoms with van der Waals surface area (Å²) in [6.07, 6.45) is 1.84. The van der Waals surface area contributed by atoms with Crippen molar-refractivity contribution in [2.24, 2.45) is 0 Å². The molecule has 0 spiro atoms. The first-order valence-electron chi connectivity index (χ1n) is 2.30. The van der Waals surface area contributed by atoms with E-state index in [1.807, 2.05) is 13.1 Å². The largest absolute Gasteiger partial charge is 0.248 e. The summed E-state index contributed by atoms with van der Waals surface area (Å²) in [5.74, 6) is 0.540. The Labute approximate surface area is 57.3 Å². The fourth-order valence-corrected chi connectivity index (χ4v) is 1.33. The summed E-state index contributed by atoms with van der Waals surface area (Å²) in [7, 11) is 0. The van der Waals surface area contributed by atoms with E-state index in [1.54, 1.807) is 11.3 Å². The predicted octanol–water partition coefficient (Wildman–Crippen LogP) is 2.19. The van der Waals surface area contributed by atoms with Gasteiger partial charge in [-0.15, -0.1) is 22.9 Å². The second-order valence-corrected chi connectivity index (χ2v) is 3.08. The van der Waals surface area contributed by atoms with E-state index >= 15 is 0 Å². The van der Waals surface area contributed by atoms with Crippen molar-refractivity contribution in [3.8, 4) is 0 Å². The fraction of sp³-hybridized carbons (Fsp3) is 0.400. The van der Waals surface area contributed by atoms with Crippen LogP contribution in [0.1, 0.15) is 9.88 Å². The summed E-state index contributed by atoms with van der Waals surface area (Å²) >= 11 is 7.13. The first-order valence-corrected chi connectivity index (χ1v) is 3.65. The Bertz CT molecular complexity index is 173. The lowest BCUT2D eigenvalue weighted by atomic mass is 10.6. The topological polar surface area (TPSA) is 12.9 Å². The summed E-state index contributed by atoms with van der Waals surface area (Å²) in [5.41, 5.74) is 0. The van der Waals surface area contributed by atoms with E-state index in [0.29, 0.717) is 5.88 Å². The molecule has 0 N–H and O–H groups in total. The Hall–Kier alpha value is -0.0800. The third kappa shape index (κ3) is 1.20. The van der Waals surface area contributed by atoms with Crippen LogP contribution in [0, 0.1) is 6.92 Å². The van der Waals surface area contributed by atoms with Crippen LogP contribution in [0.2, 0.25) is 0 Å². The van der Waals surface area contributed by atoms with E-state index in [4.69, 9.17) is 11.6 Å². The number of aryl methyl sites for hydroxylation is 1. The number of rotatable bonds is 1. The van der Waals surface area contributed by atoms with Gasteiger partial charge in [-0.3, -0.25) is 0 Å². The molecule has 0 bridgehead atoms. The summed E-state index contributed by atoms with van der Waals surface area (Å²) in [6, 6.07) is 0. The highest BCUT2D eigenvalue weighted by molar-refractivity contribution is 7.11. The maximum absolute atomic E-state index is 5.49. The van der Waals surface area contributed by atoms with E-state index in [1.165, 1.54) is 4.88 Å². The third-order valence-corrected chi connectivity index (χ3v) is 2.11. The molecule has 0 fully saturated rings. The van der Waals surface area contributed by atoms with Crippen molar-refractivity contribution in [1.29, 1.82) is 0 Å². The van der Waals surface area contributed by atoms with Gasteiger partial charge in [0.2, 0.25) is 0 Å². The standard InChI is InChI=1S/C5H6ClNS/c1-4-3-7-5(2-6)8-4/h3H,2H2,1H3. The van der Waals surface area contributed by atoms with Crippen molar-refractivity contribution in [3.63, 3.8) is 0 Å². The zero-order valence-electron chi connectivity index (χ0n) is 4.52. The van der Waals surface area contributed by atoms with Gasteiger partial charge in [0, 0.05) is 11.1 Å². The average molecular weight is 148 g/mol. The first kappa shape index (κ1) is 6.05. The maximum Gasteiger partial charge on any atom is 0.108 e. The van der Waals surface area contributed by atoms with E-state index in [2.05, 4.69) is 4.98 Å². The molecule has 0 unspecified atom stereocenters. The van der Waals surface area contributed by atoms with Crippen molar-refractivity contribution < 1.29 is 0 Å². The van der Waals surface area contributed by atoms with Crippen molar-refractivity contribution >= 4 is 22.9 Å². The molecule has 0 saturated carbocycles. The molecule has 0 atom stereocenters. The summed E-state index contributed by atoms with van der Waals surface area (Å²) < 4.78 is 0. The lowest BCUT2D eigenvalue weighted by molar-refractivity contribution is 1.25. The van der Waals surface area contributed by atoms with Crippen molar-refractivity contribution in [1.82, 2.24) is 4.98 Å². The number of nitrogens with zero attached hydrogens (tertiary/aromatic N) is 1. The molecule has 1 nitrogen and oxygen atoms in total. The SMILES string of the molecule is Cc1cnc(CCl)s1. The molecule has 0 aliphatic heterocycles. The first-order chi connectivity index (χ1) is 3.83. The van der Waals surface area contributed by atoms with E-state index in [0.717, 1.165) is 5.01 Å². The Balaban J connectivity index is 2.84. The lowest BCUT2D eigenvalue weighted by Gasteiger charge is -1.76. The van der Waals surface area contributed by atoms with Crippen LogP contribution in [0.5, 0.6) is 0 Å². The zero-order chi connectivity index (χ0) is 5.98. The molecule has 1 heterocycles. The van der Waals surface area contributed by atoms with Gasteiger partial charge in [0.15, 0.2) is 0 Å². The molecular formula is C5H6ClNS. The summed E-state index contributed by atoms with van der Waals surface area (Å²) in [4.78, 5) is 5.24. The minimum atomic E-state index is 0.540. The number of aromatic nitrogens is 1. The average Bonchev–Trinajstić information content (AvgIpc) is 2.14. The monoisotopic (exact) mass is 147 g/mol. The number of halogens is 1. The van der Waals surface area contributed by atoms with Gasteiger partial charge in [0.1, 0.15) is 5.01 Å². The molecule has 1 aromatic heterocycles. The molecule has 0 aromatic carbocycles. The van der Waals surface area contributed by atoms with Gasteiger partial charge in [0.25, 0.3) is 0 Å². The molecule has 0 amide bonds. The van der Waals surface area contributed by atoms with E-state index in [-0.39, 0.29) is 0 Å². The normalized spacial score (nSPS) is 9.75. The number of hydrogen-bond donors (Lipinski definition) is 0. The Morgan fingerprint density at radius 3 is 2.88 bits per heavy atom. The predicted molar refractivity (Wildman–Crippen MR) is 36.4 cm³/mol. The van der Waals surface area contributed by atoms with Crippen LogP contribution in [0.25, 0.3) is 0 Å². The van der Waals surface area contributed by atoms with Gasteiger partial charge in [0.05, 0.1) is 5.88 Å². The van der Waals surface area contributed by atoms with Crippen LogP contribution < -0.4 is 0 Å². The lowest BCUT2D eigenvalue weighted by Crippen LogP contribution is -1.67. The summed E-state index contributed by atoms with van der Waals surface area (Å²) in [5, 5.41) is 1.00. The van der Waals surface area contributed by atoms with Gasteiger partial charge < -0.3 is 0 Å². The van der Waals surface area contributed by atoms with Crippen LogP contribution in [0.3, 0.4) is 0 Å². The highest BCUT2D eigenvalue weighted by atomic mass is 35.5. The van der Waals surface area contributed by atoms with E-state index in [9.17, 15) is 0 Å². The quantitative estimate of drug-likeness (QED) is 0.555. The minimum absolute atomic E-state index is 0.540. The Morgan fingerprint density at radius 1 is 1.88 bits per heavy atom. The molecular weight excluding hydrogens is 142 g/mol. The van der Waals surface area contributed by atoms with Crippen LogP contribution in [0.4, 0.5) is 0 Å². The van der Waals surface area contributed by atoms with Gasteiger partial charge in [-0.1, -0.05) is 0 Å². The van der Waals surface area contributed by atoms with E-state index < -0.39 is 0 Å². The Kier molecular flexibility index (Phi) is 1.86. The minimum Gasteiger partial charge on any atom is -0.248 e. The molecule has 0 saturated heterocycles. The molecule has 1 aromatic rings. The molecule has 44 valence electrons. The van der Waals surface area contributed by atoms with Crippen molar-refractivity contribution in [3.05, 3.63) is 16.1 Å². The van der Waals surface area contributed by atoms with Gasteiger partial charge in [-0.25, -0.2) is 4.98 Å². The number of alkyl halides is 1. The smallest absolute Gasteiger partial charge is 0.108 e. The van der Waals surface area contributed by atoms with Gasteiger partial charge in [-0.05, 0) is 6.92 Å². The Morgan fingerprint density at radius 2 is 2.62 bits per heavy atom. The molecule has 1 rings (SSSR count). The van der Waals surface area contributed by atoms with Crippen molar-refractivity contribution in [2.45, 2.75) is 12.8 Å². The highest BCUT2D eigenvalue weighted by Crippen LogP contribution is 2.12. The van der Waals surface area contributed by atoms with Crippen molar-refractivity contribution in [2.75, 3.05) is 0 Å². The summed E-state index contributed by atoms with van der Waals surface area (Å²) in [6.45, 7) is 2.02. The highest BCUT2D eigenvalue weighted by Gasteiger charge is 1.92. The molecule has 0 aliphatic rings. The molecule has 0 radical (unpaired) electrons.